The second-order valence-corrected chi connectivity index (χ2v) is 4.41. The van der Waals surface area contributed by atoms with Gasteiger partial charge in [0.25, 0.3) is 0 Å². The molecule has 3 N–H and O–H groups in total. The summed E-state index contributed by atoms with van der Waals surface area (Å²) in [5.74, 6) is -0.0648. The second kappa shape index (κ2) is 4.92. The molecule has 0 atom stereocenters. The van der Waals surface area contributed by atoms with Crippen LogP contribution in [0, 0.1) is 0 Å². The lowest BCUT2D eigenvalue weighted by molar-refractivity contribution is -0.115. The van der Waals surface area contributed by atoms with Crippen LogP contribution in [0.4, 0.5) is 10.8 Å². The Hall–Kier alpha value is -1.95. The number of benzene rings is 1. The number of amides is 1. The summed E-state index contributed by atoms with van der Waals surface area (Å²) in [7, 11) is 0. The Morgan fingerprint density at radius 3 is 2.71 bits per heavy atom. The molecular formula is C11H12N4OS. The summed E-state index contributed by atoms with van der Waals surface area (Å²) in [6.07, 6.45) is 0.427. The van der Waals surface area contributed by atoms with Crippen LogP contribution in [-0.2, 0) is 4.79 Å². The van der Waals surface area contributed by atoms with Crippen molar-refractivity contribution in [3.8, 4) is 10.6 Å². The van der Waals surface area contributed by atoms with E-state index >= 15 is 0 Å². The SMILES string of the molecule is CCC(=O)Nc1nnc(-c2ccc(N)cc2)s1. The van der Waals surface area contributed by atoms with E-state index in [0.717, 1.165) is 10.6 Å². The standard InChI is InChI=1S/C11H12N4OS/c1-2-9(16)13-11-15-14-10(17-11)7-3-5-8(12)6-4-7/h3-6H,2,12H2,1H3,(H,13,15,16). The monoisotopic (exact) mass is 248 g/mol. The zero-order valence-electron chi connectivity index (χ0n) is 9.30. The van der Waals surface area contributed by atoms with Gasteiger partial charge in [0, 0.05) is 17.7 Å². The number of hydrogen-bond acceptors (Lipinski definition) is 5. The van der Waals surface area contributed by atoms with Crippen LogP contribution >= 0.6 is 11.3 Å². The van der Waals surface area contributed by atoms with Gasteiger partial charge >= 0.3 is 0 Å². The molecule has 5 nitrogen and oxygen atoms in total. The molecule has 0 saturated carbocycles. The number of rotatable bonds is 3. The minimum Gasteiger partial charge on any atom is -0.399 e. The topological polar surface area (TPSA) is 80.9 Å². The maximum Gasteiger partial charge on any atom is 0.225 e. The fourth-order valence-corrected chi connectivity index (χ4v) is 1.99. The van der Waals surface area contributed by atoms with Crippen LogP contribution in [0.3, 0.4) is 0 Å². The summed E-state index contributed by atoms with van der Waals surface area (Å²) in [6, 6.07) is 7.37. The number of aromatic nitrogens is 2. The van der Waals surface area contributed by atoms with Crippen LogP contribution in [0.2, 0.25) is 0 Å². The highest BCUT2D eigenvalue weighted by Gasteiger charge is 2.08. The van der Waals surface area contributed by atoms with Gasteiger partial charge in [0.05, 0.1) is 0 Å². The van der Waals surface area contributed by atoms with Crippen LogP contribution in [0.15, 0.2) is 24.3 Å². The second-order valence-electron chi connectivity index (χ2n) is 3.44. The summed E-state index contributed by atoms with van der Waals surface area (Å²) in [6.45, 7) is 1.79. The molecule has 88 valence electrons. The third kappa shape index (κ3) is 2.79. The van der Waals surface area contributed by atoms with Gasteiger partial charge in [0.2, 0.25) is 11.0 Å². The molecule has 0 bridgehead atoms. The van der Waals surface area contributed by atoms with Crippen LogP contribution in [0.1, 0.15) is 13.3 Å². The highest BCUT2D eigenvalue weighted by atomic mass is 32.1. The number of nitrogens with two attached hydrogens (primary N) is 1. The van der Waals surface area contributed by atoms with Crippen molar-refractivity contribution in [2.45, 2.75) is 13.3 Å². The van der Waals surface area contributed by atoms with Crippen LogP contribution in [0.25, 0.3) is 10.6 Å². The van der Waals surface area contributed by atoms with Crippen molar-refractivity contribution in [1.82, 2.24) is 10.2 Å². The fourth-order valence-electron chi connectivity index (χ4n) is 1.22. The molecule has 0 saturated heterocycles. The third-order valence-corrected chi connectivity index (χ3v) is 3.04. The van der Waals surface area contributed by atoms with E-state index in [-0.39, 0.29) is 5.91 Å². The van der Waals surface area contributed by atoms with Crippen molar-refractivity contribution in [3.05, 3.63) is 24.3 Å². The molecular weight excluding hydrogens is 236 g/mol. The Morgan fingerprint density at radius 1 is 1.35 bits per heavy atom. The number of nitrogen functional groups attached to an aromatic ring is 1. The van der Waals surface area contributed by atoms with E-state index < -0.39 is 0 Å². The maximum absolute atomic E-state index is 11.2. The molecule has 0 aliphatic heterocycles. The van der Waals surface area contributed by atoms with Gasteiger partial charge in [0.15, 0.2) is 0 Å². The minimum absolute atomic E-state index is 0.0648. The Labute approximate surface area is 103 Å². The average Bonchev–Trinajstić information content (AvgIpc) is 2.78. The lowest BCUT2D eigenvalue weighted by Crippen LogP contribution is -2.08. The zero-order chi connectivity index (χ0) is 12.3. The van der Waals surface area contributed by atoms with Gasteiger partial charge in [-0.15, -0.1) is 10.2 Å². The number of anilines is 2. The lowest BCUT2D eigenvalue weighted by atomic mass is 10.2. The normalized spacial score (nSPS) is 10.2. The molecule has 1 heterocycles. The van der Waals surface area contributed by atoms with Gasteiger partial charge in [0.1, 0.15) is 5.01 Å². The van der Waals surface area contributed by atoms with E-state index in [1.54, 1.807) is 19.1 Å². The smallest absolute Gasteiger partial charge is 0.225 e. The predicted molar refractivity (Wildman–Crippen MR) is 68.7 cm³/mol. The van der Waals surface area contributed by atoms with Crippen LogP contribution in [-0.4, -0.2) is 16.1 Å². The van der Waals surface area contributed by atoms with Crippen molar-refractivity contribution < 1.29 is 4.79 Å². The molecule has 2 rings (SSSR count). The molecule has 1 aromatic carbocycles. The number of carbonyl (C=O) groups excluding carboxylic acids is 1. The zero-order valence-corrected chi connectivity index (χ0v) is 10.1. The minimum atomic E-state index is -0.0648. The van der Waals surface area contributed by atoms with Gasteiger partial charge in [-0.2, -0.15) is 0 Å². The van der Waals surface area contributed by atoms with E-state index in [2.05, 4.69) is 15.5 Å². The molecule has 0 aliphatic carbocycles. The van der Waals surface area contributed by atoms with Crippen molar-refractivity contribution in [2.75, 3.05) is 11.1 Å². The number of carbonyl (C=O) groups is 1. The molecule has 2 aromatic rings. The number of nitrogens with zero attached hydrogens (tertiary/aromatic N) is 2. The molecule has 1 amide bonds. The third-order valence-electron chi connectivity index (χ3n) is 2.15. The summed E-state index contributed by atoms with van der Waals surface area (Å²) in [4.78, 5) is 11.2. The highest BCUT2D eigenvalue weighted by Crippen LogP contribution is 2.26. The van der Waals surface area contributed by atoms with Crippen molar-refractivity contribution in [3.63, 3.8) is 0 Å². The predicted octanol–water partition coefficient (Wildman–Crippen LogP) is 2.14. The molecule has 0 unspecified atom stereocenters. The first-order valence-electron chi connectivity index (χ1n) is 5.18. The maximum atomic E-state index is 11.2. The summed E-state index contributed by atoms with van der Waals surface area (Å²) >= 11 is 1.34. The lowest BCUT2D eigenvalue weighted by Gasteiger charge is -1.96. The van der Waals surface area contributed by atoms with Gasteiger partial charge in [-0.1, -0.05) is 18.3 Å². The van der Waals surface area contributed by atoms with Crippen LogP contribution < -0.4 is 11.1 Å². The van der Waals surface area contributed by atoms with Gasteiger partial charge in [-0.05, 0) is 24.3 Å². The molecule has 1 aromatic heterocycles. The van der Waals surface area contributed by atoms with Crippen LogP contribution in [0.5, 0.6) is 0 Å². The summed E-state index contributed by atoms with van der Waals surface area (Å²) in [5.41, 5.74) is 7.25. The Kier molecular flexibility index (Phi) is 3.34. The Bertz CT molecular complexity index is 521. The van der Waals surface area contributed by atoms with Crippen molar-refractivity contribution in [2.24, 2.45) is 0 Å². The molecule has 17 heavy (non-hydrogen) atoms. The Morgan fingerprint density at radius 2 is 2.06 bits per heavy atom. The van der Waals surface area contributed by atoms with Crippen molar-refractivity contribution in [1.29, 1.82) is 0 Å². The van der Waals surface area contributed by atoms with E-state index in [4.69, 9.17) is 5.73 Å². The molecule has 0 radical (unpaired) electrons. The summed E-state index contributed by atoms with van der Waals surface area (Å²) < 4.78 is 0. The Balaban J connectivity index is 2.18. The van der Waals surface area contributed by atoms with Gasteiger partial charge < -0.3 is 11.1 Å². The van der Waals surface area contributed by atoms with E-state index in [1.807, 2.05) is 12.1 Å². The molecule has 0 fully saturated rings. The first-order valence-corrected chi connectivity index (χ1v) is 6.00. The summed E-state index contributed by atoms with van der Waals surface area (Å²) in [5, 5.41) is 11.9. The number of nitrogens with one attached hydrogen (secondary N) is 1. The molecule has 6 heteroatoms. The molecule has 0 aliphatic rings. The average molecular weight is 248 g/mol. The number of hydrogen-bond donors (Lipinski definition) is 2. The van der Waals surface area contributed by atoms with Crippen molar-refractivity contribution >= 4 is 28.1 Å². The van der Waals surface area contributed by atoms with E-state index in [1.165, 1.54) is 11.3 Å². The van der Waals surface area contributed by atoms with E-state index in [9.17, 15) is 4.79 Å². The molecule has 0 spiro atoms. The fraction of sp³-hybridized carbons (Fsp3) is 0.182. The van der Waals surface area contributed by atoms with Gasteiger partial charge in [-0.25, -0.2) is 0 Å². The first-order chi connectivity index (χ1) is 8.19. The first kappa shape index (κ1) is 11.5. The van der Waals surface area contributed by atoms with Gasteiger partial charge in [-0.3, -0.25) is 4.79 Å². The highest BCUT2D eigenvalue weighted by molar-refractivity contribution is 7.18. The quantitative estimate of drug-likeness (QED) is 0.815. The largest absolute Gasteiger partial charge is 0.399 e. The van der Waals surface area contributed by atoms with E-state index in [0.29, 0.717) is 17.2 Å².